The zero-order valence-corrected chi connectivity index (χ0v) is 11.7. The van der Waals surface area contributed by atoms with E-state index >= 15 is 0 Å². The molecular formula is C15H15Cl2N. The van der Waals surface area contributed by atoms with Crippen LogP contribution in [0.5, 0.6) is 0 Å². The molecule has 1 unspecified atom stereocenters. The van der Waals surface area contributed by atoms with E-state index in [-0.39, 0.29) is 6.04 Å². The van der Waals surface area contributed by atoms with Gasteiger partial charge in [-0.3, -0.25) is 0 Å². The first-order valence-electron chi connectivity index (χ1n) is 5.92. The van der Waals surface area contributed by atoms with E-state index in [4.69, 9.17) is 28.9 Å². The van der Waals surface area contributed by atoms with Gasteiger partial charge in [0.15, 0.2) is 0 Å². The second-order valence-electron chi connectivity index (χ2n) is 4.26. The Morgan fingerprint density at radius 3 is 2.33 bits per heavy atom. The quantitative estimate of drug-likeness (QED) is 0.834. The Kier molecular flexibility index (Phi) is 4.28. The van der Waals surface area contributed by atoms with Crippen LogP contribution in [0.3, 0.4) is 0 Å². The predicted molar refractivity (Wildman–Crippen MR) is 79.1 cm³/mol. The second kappa shape index (κ2) is 5.75. The van der Waals surface area contributed by atoms with Crippen molar-refractivity contribution in [1.82, 2.24) is 0 Å². The molecular weight excluding hydrogens is 265 g/mol. The molecule has 0 heterocycles. The third kappa shape index (κ3) is 2.86. The second-order valence-corrected chi connectivity index (χ2v) is 5.10. The van der Waals surface area contributed by atoms with Crippen molar-refractivity contribution in [2.75, 3.05) is 0 Å². The molecule has 0 bridgehead atoms. The van der Waals surface area contributed by atoms with Gasteiger partial charge in [0.1, 0.15) is 0 Å². The van der Waals surface area contributed by atoms with E-state index in [1.807, 2.05) is 36.4 Å². The third-order valence-electron chi connectivity index (χ3n) is 3.02. The summed E-state index contributed by atoms with van der Waals surface area (Å²) >= 11 is 12.2. The van der Waals surface area contributed by atoms with Gasteiger partial charge in [0.25, 0.3) is 0 Å². The fraction of sp³-hybridized carbons (Fsp3) is 0.200. The van der Waals surface area contributed by atoms with E-state index in [9.17, 15) is 0 Å². The van der Waals surface area contributed by atoms with Crippen molar-refractivity contribution < 1.29 is 0 Å². The Balaban J connectivity index is 2.37. The molecule has 2 N–H and O–H groups in total. The van der Waals surface area contributed by atoms with Crippen molar-refractivity contribution in [1.29, 1.82) is 0 Å². The summed E-state index contributed by atoms with van der Waals surface area (Å²) in [5.74, 6) is 0. The van der Waals surface area contributed by atoms with Crippen molar-refractivity contribution in [2.24, 2.45) is 5.73 Å². The largest absolute Gasteiger partial charge is 0.324 e. The molecule has 0 aliphatic rings. The summed E-state index contributed by atoms with van der Waals surface area (Å²) in [4.78, 5) is 0. The van der Waals surface area contributed by atoms with E-state index in [1.54, 1.807) is 6.07 Å². The van der Waals surface area contributed by atoms with Crippen molar-refractivity contribution in [3.8, 4) is 11.1 Å². The fourth-order valence-electron chi connectivity index (χ4n) is 1.86. The Labute approximate surface area is 118 Å². The number of benzene rings is 2. The first-order chi connectivity index (χ1) is 8.61. The fourth-order valence-corrected chi connectivity index (χ4v) is 2.26. The molecule has 1 nitrogen and oxygen atoms in total. The molecule has 0 aromatic heterocycles. The summed E-state index contributed by atoms with van der Waals surface area (Å²) in [7, 11) is 0. The molecule has 0 saturated heterocycles. The Morgan fingerprint density at radius 1 is 1.06 bits per heavy atom. The molecule has 0 aliphatic heterocycles. The molecule has 94 valence electrons. The van der Waals surface area contributed by atoms with Crippen LogP contribution in [-0.4, -0.2) is 0 Å². The minimum absolute atomic E-state index is 0.0916. The number of nitrogens with two attached hydrogens (primary N) is 1. The lowest BCUT2D eigenvalue weighted by Gasteiger charge is -2.11. The number of halogens is 2. The van der Waals surface area contributed by atoms with Crippen LogP contribution in [0.2, 0.25) is 10.0 Å². The summed E-state index contributed by atoms with van der Waals surface area (Å²) in [5.41, 5.74) is 9.12. The monoisotopic (exact) mass is 279 g/mol. The lowest BCUT2D eigenvalue weighted by atomic mass is 10.00. The van der Waals surface area contributed by atoms with Gasteiger partial charge in [0, 0.05) is 21.7 Å². The molecule has 2 aromatic rings. The Bertz CT molecular complexity index is 535. The molecule has 0 amide bonds. The highest BCUT2D eigenvalue weighted by Crippen LogP contribution is 2.31. The smallest absolute Gasteiger partial charge is 0.0485 e. The van der Waals surface area contributed by atoms with Crippen LogP contribution in [0.1, 0.15) is 24.9 Å². The van der Waals surface area contributed by atoms with Gasteiger partial charge in [-0.05, 0) is 35.7 Å². The van der Waals surface area contributed by atoms with Crippen LogP contribution >= 0.6 is 23.2 Å². The normalized spacial score (nSPS) is 12.4. The summed E-state index contributed by atoms with van der Waals surface area (Å²) < 4.78 is 0. The van der Waals surface area contributed by atoms with Crippen LogP contribution in [0, 0.1) is 0 Å². The van der Waals surface area contributed by atoms with Gasteiger partial charge >= 0.3 is 0 Å². The number of hydrogen-bond donors (Lipinski definition) is 1. The molecule has 0 aliphatic carbocycles. The molecule has 1 atom stereocenters. The molecule has 2 rings (SSSR count). The Morgan fingerprint density at radius 2 is 1.72 bits per heavy atom. The highest BCUT2D eigenvalue weighted by atomic mass is 35.5. The van der Waals surface area contributed by atoms with Gasteiger partial charge < -0.3 is 5.73 Å². The van der Waals surface area contributed by atoms with Gasteiger partial charge in [0.05, 0.1) is 0 Å². The highest BCUT2D eigenvalue weighted by Gasteiger charge is 2.06. The van der Waals surface area contributed by atoms with E-state index in [1.165, 1.54) is 0 Å². The van der Waals surface area contributed by atoms with Crippen molar-refractivity contribution >= 4 is 23.2 Å². The average molecular weight is 280 g/mol. The standard InChI is InChI=1S/C15H15Cl2N/c1-2-15(18)11-5-3-10(4-6-11)13-9-12(16)7-8-14(13)17/h3-9,15H,2,18H2,1H3. The van der Waals surface area contributed by atoms with Crippen molar-refractivity contribution in [3.05, 3.63) is 58.1 Å². The number of hydrogen-bond acceptors (Lipinski definition) is 1. The van der Waals surface area contributed by atoms with E-state index in [0.717, 1.165) is 23.1 Å². The van der Waals surface area contributed by atoms with Gasteiger partial charge in [-0.1, -0.05) is 54.4 Å². The minimum atomic E-state index is 0.0916. The van der Waals surface area contributed by atoms with Crippen LogP contribution < -0.4 is 5.73 Å². The van der Waals surface area contributed by atoms with Crippen molar-refractivity contribution in [3.63, 3.8) is 0 Å². The lowest BCUT2D eigenvalue weighted by molar-refractivity contribution is 0.699. The molecule has 2 aromatic carbocycles. The minimum Gasteiger partial charge on any atom is -0.324 e. The SMILES string of the molecule is CCC(N)c1ccc(-c2cc(Cl)ccc2Cl)cc1. The summed E-state index contributed by atoms with van der Waals surface area (Å²) in [6, 6.07) is 13.7. The number of rotatable bonds is 3. The average Bonchev–Trinajstić information content (AvgIpc) is 2.41. The predicted octanol–water partition coefficient (Wildman–Crippen LogP) is 5.07. The van der Waals surface area contributed by atoms with Crippen LogP contribution in [-0.2, 0) is 0 Å². The van der Waals surface area contributed by atoms with E-state index in [2.05, 4.69) is 6.92 Å². The van der Waals surface area contributed by atoms with Gasteiger partial charge in [-0.25, -0.2) is 0 Å². The van der Waals surface area contributed by atoms with Crippen molar-refractivity contribution in [2.45, 2.75) is 19.4 Å². The molecule has 0 spiro atoms. The molecule has 0 radical (unpaired) electrons. The highest BCUT2D eigenvalue weighted by molar-refractivity contribution is 6.35. The van der Waals surface area contributed by atoms with Crippen LogP contribution in [0.25, 0.3) is 11.1 Å². The van der Waals surface area contributed by atoms with Crippen LogP contribution in [0.15, 0.2) is 42.5 Å². The van der Waals surface area contributed by atoms with E-state index < -0.39 is 0 Å². The van der Waals surface area contributed by atoms with Gasteiger partial charge in [-0.2, -0.15) is 0 Å². The summed E-state index contributed by atoms with van der Waals surface area (Å²) in [6.45, 7) is 2.08. The maximum Gasteiger partial charge on any atom is 0.0485 e. The zero-order valence-electron chi connectivity index (χ0n) is 10.2. The maximum atomic E-state index is 6.18. The first-order valence-corrected chi connectivity index (χ1v) is 6.68. The molecule has 0 fully saturated rings. The molecule has 18 heavy (non-hydrogen) atoms. The van der Waals surface area contributed by atoms with Gasteiger partial charge in [-0.15, -0.1) is 0 Å². The topological polar surface area (TPSA) is 26.0 Å². The van der Waals surface area contributed by atoms with Gasteiger partial charge in [0.2, 0.25) is 0 Å². The van der Waals surface area contributed by atoms with Crippen LogP contribution in [0.4, 0.5) is 0 Å². The Hall–Kier alpha value is -1.02. The summed E-state index contributed by atoms with van der Waals surface area (Å²) in [5, 5.41) is 1.38. The zero-order chi connectivity index (χ0) is 13.1. The van der Waals surface area contributed by atoms with E-state index in [0.29, 0.717) is 10.0 Å². The summed E-state index contributed by atoms with van der Waals surface area (Å²) in [6.07, 6.45) is 0.928. The third-order valence-corrected chi connectivity index (χ3v) is 3.58. The molecule has 0 saturated carbocycles. The maximum absolute atomic E-state index is 6.18. The first kappa shape index (κ1) is 13.4. The molecule has 3 heteroatoms. The lowest BCUT2D eigenvalue weighted by Crippen LogP contribution is -2.08.